The van der Waals surface area contributed by atoms with Crippen molar-refractivity contribution in [1.29, 1.82) is 0 Å². The van der Waals surface area contributed by atoms with Crippen molar-refractivity contribution in [3.8, 4) is 11.5 Å². The highest BCUT2D eigenvalue weighted by molar-refractivity contribution is 5.96. The summed E-state index contributed by atoms with van der Waals surface area (Å²) in [6, 6.07) is 9.89. The molecule has 1 N–H and O–H groups in total. The van der Waals surface area contributed by atoms with E-state index in [2.05, 4.69) is 5.32 Å². The van der Waals surface area contributed by atoms with E-state index in [0.29, 0.717) is 23.7 Å². The highest BCUT2D eigenvalue weighted by atomic mass is 16.6. The smallest absolute Gasteiger partial charge is 0.273 e. The number of nitro benzene ring substituents is 1. The molecule has 0 fully saturated rings. The highest BCUT2D eigenvalue weighted by Crippen LogP contribution is 2.28. The fourth-order valence-electron chi connectivity index (χ4n) is 2.50. The van der Waals surface area contributed by atoms with E-state index < -0.39 is 4.92 Å². The molecule has 0 atom stereocenters. The molecule has 2 rings (SSSR count). The Morgan fingerprint density at radius 1 is 1.23 bits per heavy atom. The van der Waals surface area contributed by atoms with E-state index in [9.17, 15) is 14.9 Å². The number of methoxy groups -OCH3 is 1. The van der Waals surface area contributed by atoms with Crippen molar-refractivity contribution in [2.45, 2.75) is 26.8 Å². The Kier molecular flexibility index (Phi) is 6.54. The first-order valence-electron chi connectivity index (χ1n) is 8.29. The Morgan fingerprint density at radius 2 is 2.00 bits per heavy atom. The maximum Gasteiger partial charge on any atom is 0.273 e. The Bertz CT molecular complexity index is 805. The monoisotopic (exact) mass is 358 g/mol. The number of nitro groups is 1. The van der Waals surface area contributed by atoms with Crippen molar-refractivity contribution in [3.05, 3.63) is 63.2 Å². The van der Waals surface area contributed by atoms with Gasteiger partial charge in [0.2, 0.25) is 0 Å². The van der Waals surface area contributed by atoms with Gasteiger partial charge in [-0.1, -0.05) is 19.1 Å². The second-order valence-electron chi connectivity index (χ2n) is 5.72. The first kappa shape index (κ1) is 19.2. The fraction of sp³-hybridized carbons (Fsp3) is 0.316. The minimum absolute atomic E-state index is 0.0725. The third-order valence-corrected chi connectivity index (χ3v) is 3.89. The lowest BCUT2D eigenvalue weighted by Crippen LogP contribution is -2.23. The summed E-state index contributed by atoms with van der Waals surface area (Å²) in [4.78, 5) is 22.9. The molecule has 0 aromatic heterocycles. The van der Waals surface area contributed by atoms with Gasteiger partial charge in [-0.05, 0) is 37.1 Å². The summed E-state index contributed by atoms with van der Waals surface area (Å²) in [5, 5.41) is 13.8. The number of hydrogen-bond acceptors (Lipinski definition) is 5. The summed E-state index contributed by atoms with van der Waals surface area (Å²) in [5.74, 6) is 0.882. The summed E-state index contributed by atoms with van der Waals surface area (Å²) < 4.78 is 10.9. The van der Waals surface area contributed by atoms with Crippen molar-refractivity contribution >= 4 is 11.6 Å². The summed E-state index contributed by atoms with van der Waals surface area (Å²) in [6.45, 7) is 4.45. The number of amides is 1. The predicted octanol–water partition coefficient (Wildman–Crippen LogP) is 3.63. The number of hydrogen-bond donors (Lipinski definition) is 1. The van der Waals surface area contributed by atoms with E-state index in [-0.39, 0.29) is 23.7 Å². The van der Waals surface area contributed by atoms with Crippen molar-refractivity contribution in [2.75, 3.05) is 13.7 Å². The number of nitrogens with one attached hydrogen (secondary N) is 1. The lowest BCUT2D eigenvalue weighted by molar-refractivity contribution is -0.385. The van der Waals surface area contributed by atoms with Crippen LogP contribution < -0.4 is 14.8 Å². The average Bonchev–Trinajstić information content (AvgIpc) is 2.64. The Hall–Kier alpha value is -3.09. The van der Waals surface area contributed by atoms with Gasteiger partial charge in [-0.2, -0.15) is 0 Å². The van der Waals surface area contributed by atoms with Gasteiger partial charge in [0.05, 0.1) is 18.6 Å². The largest absolute Gasteiger partial charge is 0.493 e. The Labute approximate surface area is 152 Å². The van der Waals surface area contributed by atoms with E-state index in [1.165, 1.54) is 12.1 Å². The molecule has 0 aliphatic carbocycles. The van der Waals surface area contributed by atoms with Crippen LogP contribution >= 0.6 is 0 Å². The van der Waals surface area contributed by atoms with Crippen LogP contribution in [0.3, 0.4) is 0 Å². The molecule has 2 aromatic carbocycles. The molecule has 0 bridgehead atoms. The fourth-order valence-corrected chi connectivity index (χ4v) is 2.50. The SMILES string of the molecule is CCCOc1ccc(CNC(=O)c2cccc([N+](=O)[O-])c2C)cc1OC. The van der Waals surface area contributed by atoms with Crippen LogP contribution in [0.4, 0.5) is 5.69 Å². The normalized spacial score (nSPS) is 10.3. The van der Waals surface area contributed by atoms with Crippen LogP contribution in [0.15, 0.2) is 36.4 Å². The summed E-state index contributed by atoms with van der Waals surface area (Å²) in [5.41, 5.74) is 1.39. The van der Waals surface area contributed by atoms with Crippen LogP contribution in [-0.4, -0.2) is 24.5 Å². The lowest BCUT2D eigenvalue weighted by atomic mass is 10.1. The Morgan fingerprint density at radius 3 is 2.65 bits per heavy atom. The van der Waals surface area contributed by atoms with E-state index >= 15 is 0 Å². The van der Waals surface area contributed by atoms with E-state index in [0.717, 1.165) is 12.0 Å². The molecule has 0 spiro atoms. The number of carbonyl (C=O) groups is 1. The molecule has 0 aliphatic rings. The van der Waals surface area contributed by atoms with Crippen LogP contribution in [-0.2, 0) is 6.54 Å². The lowest BCUT2D eigenvalue weighted by Gasteiger charge is -2.12. The molecule has 7 nitrogen and oxygen atoms in total. The minimum Gasteiger partial charge on any atom is -0.493 e. The molecule has 138 valence electrons. The van der Waals surface area contributed by atoms with Crippen LogP contribution in [0.5, 0.6) is 11.5 Å². The van der Waals surface area contributed by atoms with Gasteiger partial charge in [0.15, 0.2) is 11.5 Å². The highest BCUT2D eigenvalue weighted by Gasteiger charge is 2.17. The average molecular weight is 358 g/mol. The van der Waals surface area contributed by atoms with Crippen LogP contribution in [0, 0.1) is 17.0 Å². The Balaban J connectivity index is 2.10. The van der Waals surface area contributed by atoms with Crippen LogP contribution in [0.1, 0.15) is 34.8 Å². The second-order valence-corrected chi connectivity index (χ2v) is 5.72. The van der Waals surface area contributed by atoms with Gasteiger partial charge in [-0.3, -0.25) is 14.9 Å². The van der Waals surface area contributed by atoms with Gasteiger partial charge >= 0.3 is 0 Å². The number of carbonyl (C=O) groups excluding carboxylic acids is 1. The molecule has 0 heterocycles. The van der Waals surface area contributed by atoms with Gasteiger partial charge in [0, 0.05) is 23.7 Å². The van der Waals surface area contributed by atoms with Crippen LogP contribution in [0.2, 0.25) is 0 Å². The number of rotatable bonds is 8. The summed E-state index contributed by atoms with van der Waals surface area (Å²) >= 11 is 0. The predicted molar refractivity (Wildman–Crippen MR) is 97.8 cm³/mol. The van der Waals surface area contributed by atoms with E-state index in [4.69, 9.17) is 9.47 Å². The molecule has 0 unspecified atom stereocenters. The molecule has 26 heavy (non-hydrogen) atoms. The molecule has 0 saturated heterocycles. The van der Waals surface area contributed by atoms with Gasteiger partial charge < -0.3 is 14.8 Å². The first-order valence-corrected chi connectivity index (χ1v) is 8.29. The number of ether oxygens (including phenoxy) is 2. The molecule has 1 amide bonds. The number of benzene rings is 2. The molecular weight excluding hydrogens is 336 g/mol. The molecule has 0 saturated carbocycles. The second kappa shape index (κ2) is 8.84. The first-order chi connectivity index (χ1) is 12.5. The molecule has 0 radical (unpaired) electrons. The zero-order valence-corrected chi connectivity index (χ0v) is 15.1. The standard InChI is InChI=1S/C19H22N2O5/c1-4-10-26-17-9-8-14(11-18(17)25-3)12-20-19(22)15-6-5-7-16(13(15)2)21(23)24/h5-9,11H,4,10,12H2,1-3H3,(H,20,22). The zero-order chi connectivity index (χ0) is 19.1. The maximum atomic E-state index is 12.4. The van der Waals surface area contributed by atoms with Crippen molar-refractivity contribution in [1.82, 2.24) is 5.32 Å². The minimum atomic E-state index is -0.494. The van der Waals surface area contributed by atoms with E-state index in [1.807, 2.05) is 13.0 Å². The topological polar surface area (TPSA) is 90.7 Å². The van der Waals surface area contributed by atoms with Gasteiger partial charge in [-0.15, -0.1) is 0 Å². The van der Waals surface area contributed by atoms with Crippen molar-refractivity contribution in [3.63, 3.8) is 0 Å². The van der Waals surface area contributed by atoms with Crippen LogP contribution in [0.25, 0.3) is 0 Å². The van der Waals surface area contributed by atoms with Crippen molar-refractivity contribution < 1.29 is 19.2 Å². The van der Waals surface area contributed by atoms with Gasteiger partial charge in [0.25, 0.3) is 11.6 Å². The van der Waals surface area contributed by atoms with Gasteiger partial charge in [-0.25, -0.2) is 0 Å². The third-order valence-electron chi connectivity index (χ3n) is 3.89. The molecule has 7 heteroatoms. The quantitative estimate of drug-likeness (QED) is 0.575. The third kappa shape index (κ3) is 4.50. The van der Waals surface area contributed by atoms with Gasteiger partial charge in [0.1, 0.15) is 0 Å². The van der Waals surface area contributed by atoms with Crippen molar-refractivity contribution in [2.24, 2.45) is 0 Å². The molecule has 0 aliphatic heterocycles. The molecular formula is C19H22N2O5. The maximum absolute atomic E-state index is 12.4. The molecule has 2 aromatic rings. The van der Waals surface area contributed by atoms with E-state index in [1.54, 1.807) is 32.2 Å². The number of nitrogens with zero attached hydrogens (tertiary/aromatic N) is 1. The summed E-state index contributed by atoms with van der Waals surface area (Å²) in [6.07, 6.45) is 0.892. The zero-order valence-electron chi connectivity index (χ0n) is 15.1. The summed E-state index contributed by atoms with van der Waals surface area (Å²) in [7, 11) is 1.56.